The van der Waals surface area contributed by atoms with E-state index in [1.54, 1.807) is 0 Å². The van der Waals surface area contributed by atoms with Crippen molar-refractivity contribution in [1.29, 1.82) is 0 Å². The second-order valence-electron chi connectivity index (χ2n) is 6.61. The molecular weight excluding hydrogens is 268 g/mol. The Balaban J connectivity index is 1.37. The Morgan fingerprint density at radius 2 is 1.57 bits per heavy atom. The van der Waals surface area contributed by atoms with Gasteiger partial charge in [0.15, 0.2) is 0 Å². The number of amides is 2. The Hall–Kier alpha value is -1.14. The summed E-state index contributed by atoms with van der Waals surface area (Å²) in [6.45, 7) is 5.91. The van der Waals surface area contributed by atoms with Crippen LogP contribution in [0.3, 0.4) is 0 Å². The highest BCUT2D eigenvalue weighted by molar-refractivity contribution is 5.82. The van der Waals surface area contributed by atoms with Crippen LogP contribution in [0, 0.1) is 0 Å². The fraction of sp³-hybridized carbons (Fsp3) is 0.867. The molecule has 0 aromatic carbocycles. The molecule has 0 aromatic rings. The molecule has 2 saturated carbocycles. The summed E-state index contributed by atoms with van der Waals surface area (Å²) in [5.74, 6) is 0.294. The van der Waals surface area contributed by atoms with Gasteiger partial charge in [-0.05, 0) is 32.6 Å². The highest BCUT2D eigenvalue weighted by atomic mass is 16.2. The molecule has 118 valence electrons. The molecule has 1 aliphatic heterocycles. The summed E-state index contributed by atoms with van der Waals surface area (Å²) in [6.07, 6.45) is 4.52. The SMILES string of the molecule is CC(C(=O)NC1CC1)N1CCN(CC(=O)NC2CC2)CC1. The molecule has 2 aliphatic carbocycles. The van der Waals surface area contributed by atoms with Crippen molar-refractivity contribution in [1.82, 2.24) is 20.4 Å². The normalized spacial score (nSPS) is 25.4. The van der Waals surface area contributed by atoms with Gasteiger partial charge in [-0.3, -0.25) is 19.4 Å². The van der Waals surface area contributed by atoms with E-state index in [1.165, 1.54) is 0 Å². The van der Waals surface area contributed by atoms with E-state index in [1.807, 2.05) is 6.92 Å². The highest BCUT2D eigenvalue weighted by Crippen LogP contribution is 2.19. The standard InChI is InChI=1S/C15H26N4O2/c1-11(15(21)17-13-4-5-13)19-8-6-18(7-9-19)10-14(20)16-12-2-3-12/h11-13H,2-10H2,1H3,(H,16,20)(H,17,21). The molecule has 0 aromatic heterocycles. The lowest BCUT2D eigenvalue weighted by Crippen LogP contribution is -2.55. The van der Waals surface area contributed by atoms with Crippen LogP contribution in [0.4, 0.5) is 0 Å². The molecule has 3 aliphatic rings. The van der Waals surface area contributed by atoms with Crippen molar-refractivity contribution in [2.24, 2.45) is 0 Å². The molecule has 1 unspecified atom stereocenters. The van der Waals surface area contributed by atoms with E-state index in [-0.39, 0.29) is 17.9 Å². The summed E-state index contributed by atoms with van der Waals surface area (Å²) >= 11 is 0. The molecule has 1 atom stereocenters. The van der Waals surface area contributed by atoms with Gasteiger partial charge in [0, 0.05) is 38.3 Å². The van der Waals surface area contributed by atoms with Crippen LogP contribution in [-0.2, 0) is 9.59 Å². The fourth-order valence-corrected chi connectivity index (χ4v) is 2.73. The molecule has 1 saturated heterocycles. The van der Waals surface area contributed by atoms with Gasteiger partial charge in [0.25, 0.3) is 0 Å². The quantitative estimate of drug-likeness (QED) is 0.696. The second kappa shape index (κ2) is 6.32. The van der Waals surface area contributed by atoms with Crippen molar-refractivity contribution in [3.63, 3.8) is 0 Å². The maximum Gasteiger partial charge on any atom is 0.237 e. The zero-order chi connectivity index (χ0) is 14.8. The molecular formula is C15H26N4O2. The molecule has 6 heteroatoms. The topological polar surface area (TPSA) is 64.7 Å². The van der Waals surface area contributed by atoms with Gasteiger partial charge in [-0.1, -0.05) is 0 Å². The van der Waals surface area contributed by atoms with Gasteiger partial charge in [0.2, 0.25) is 11.8 Å². The lowest BCUT2D eigenvalue weighted by molar-refractivity contribution is -0.128. The van der Waals surface area contributed by atoms with Gasteiger partial charge in [-0.2, -0.15) is 0 Å². The van der Waals surface area contributed by atoms with Crippen molar-refractivity contribution >= 4 is 11.8 Å². The predicted molar refractivity (Wildman–Crippen MR) is 79.8 cm³/mol. The van der Waals surface area contributed by atoms with E-state index in [0.29, 0.717) is 18.6 Å². The van der Waals surface area contributed by atoms with E-state index in [2.05, 4.69) is 20.4 Å². The first-order chi connectivity index (χ1) is 10.1. The van der Waals surface area contributed by atoms with E-state index in [0.717, 1.165) is 51.9 Å². The number of piperazine rings is 1. The minimum Gasteiger partial charge on any atom is -0.352 e. The number of carbonyl (C=O) groups is 2. The van der Waals surface area contributed by atoms with E-state index >= 15 is 0 Å². The van der Waals surface area contributed by atoms with Crippen molar-refractivity contribution in [3.05, 3.63) is 0 Å². The lowest BCUT2D eigenvalue weighted by Gasteiger charge is -2.37. The zero-order valence-electron chi connectivity index (χ0n) is 12.8. The van der Waals surface area contributed by atoms with E-state index in [9.17, 15) is 9.59 Å². The van der Waals surface area contributed by atoms with Crippen molar-refractivity contribution in [3.8, 4) is 0 Å². The minimum atomic E-state index is -0.0620. The Bertz CT molecular complexity index is 398. The van der Waals surface area contributed by atoms with Crippen LogP contribution in [0.15, 0.2) is 0 Å². The fourth-order valence-electron chi connectivity index (χ4n) is 2.73. The molecule has 3 fully saturated rings. The van der Waals surface area contributed by atoms with Crippen LogP contribution in [0.1, 0.15) is 32.6 Å². The summed E-state index contributed by atoms with van der Waals surface area (Å²) in [5, 5.41) is 6.09. The highest BCUT2D eigenvalue weighted by Gasteiger charge is 2.30. The van der Waals surface area contributed by atoms with E-state index in [4.69, 9.17) is 0 Å². The molecule has 1 heterocycles. The number of rotatable bonds is 6. The lowest BCUT2D eigenvalue weighted by atomic mass is 10.2. The van der Waals surface area contributed by atoms with Crippen molar-refractivity contribution in [2.75, 3.05) is 32.7 Å². The Labute approximate surface area is 126 Å². The number of nitrogens with zero attached hydrogens (tertiary/aromatic N) is 2. The first-order valence-corrected chi connectivity index (χ1v) is 8.18. The summed E-state index contributed by atoms with van der Waals surface area (Å²) < 4.78 is 0. The van der Waals surface area contributed by atoms with Crippen molar-refractivity contribution < 1.29 is 9.59 Å². The number of hydrogen-bond donors (Lipinski definition) is 2. The maximum atomic E-state index is 12.0. The van der Waals surface area contributed by atoms with Gasteiger partial charge in [-0.15, -0.1) is 0 Å². The summed E-state index contributed by atoms with van der Waals surface area (Å²) in [5.41, 5.74) is 0. The summed E-state index contributed by atoms with van der Waals surface area (Å²) in [4.78, 5) is 28.2. The van der Waals surface area contributed by atoms with Gasteiger partial charge in [0.1, 0.15) is 0 Å². The van der Waals surface area contributed by atoms with Crippen LogP contribution in [0.25, 0.3) is 0 Å². The first kappa shape index (κ1) is 14.8. The number of hydrogen-bond acceptors (Lipinski definition) is 4. The van der Waals surface area contributed by atoms with Gasteiger partial charge < -0.3 is 10.6 Å². The molecule has 2 N–H and O–H groups in total. The van der Waals surface area contributed by atoms with E-state index < -0.39 is 0 Å². The van der Waals surface area contributed by atoms with Crippen LogP contribution < -0.4 is 10.6 Å². The molecule has 0 radical (unpaired) electrons. The van der Waals surface area contributed by atoms with Gasteiger partial charge in [0.05, 0.1) is 12.6 Å². The molecule has 0 bridgehead atoms. The molecule has 0 spiro atoms. The zero-order valence-corrected chi connectivity index (χ0v) is 12.8. The van der Waals surface area contributed by atoms with Crippen molar-refractivity contribution in [2.45, 2.75) is 50.7 Å². The summed E-state index contributed by atoms with van der Waals surface area (Å²) in [7, 11) is 0. The average molecular weight is 294 g/mol. The number of nitrogens with one attached hydrogen (secondary N) is 2. The van der Waals surface area contributed by atoms with Crippen LogP contribution >= 0.6 is 0 Å². The van der Waals surface area contributed by atoms with Crippen LogP contribution in [-0.4, -0.2) is 72.5 Å². The molecule has 2 amide bonds. The average Bonchev–Trinajstić information content (AvgIpc) is 3.35. The third kappa shape index (κ3) is 4.41. The number of carbonyl (C=O) groups excluding carboxylic acids is 2. The minimum absolute atomic E-state index is 0.0620. The third-order valence-electron chi connectivity index (χ3n) is 4.57. The first-order valence-electron chi connectivity index (χ1n) is 8.18. The predicted octanol–water partition coefficient (Wildman–Crippen LogP) is -0.450. The maximum absolute atomic E-state index is 12.0. The Morgan fingerprint density at radius 3 is 2.14 bits per heavy atom. The monoisotopic (exact) mass is 294 g/mol. The Morgan fingerprint density at radius 1 is 1.00 bits per heavy atom. The van der Waals surface area contributed by atoms with Crippen LogP contribution in [0.5, 0.6) is 0 Å². The molecule has 6 nitrogen and oxygen atoms in total. The van der Waals surface area contributed by atoms with Gasteiger partial charge in [-0.25, -0.2) is 0 Å². The third-order valence-corrected chi connectivity index (χ3v) is 4.57. The molecule has 3 rings (SSSR count). The smallest absolute Gasteiger partial charge is 0.237 e. The summed E-state index contributed by atoms with van der Waals surface area (Å²) in [6, 6.07) is 0.797. The largest absolute Gasteiger partial charge is 0.352 e. The van der Waals surface area contributed by atoms with Crippen LogP contribution in [0.2, 0.25) is 0 Å². The second-order valence-corrected chi connectivity index (χ2v) is 6.61. The molecule has 21 heavy (non-hydrogen) atoms. The van der Waals surface area contributed by atoms with Gasteiger partial charge >= 0.3 is 0 Å². The Kier molecular flexibility index (Phi) is 4.45.